The molecule has 1 aliphatic rings. The Kier molecular flexibility index (Phi) is 4.86. The molecular formula is C28H23N5O2. The second kappa shape index (κ2) is 8.07. The molecule has 1 aliphatic heterocycles. The molecule has 2 aromatic heterocycles. The number of nitrogens with zero attached hydrogens (tertiary/aromatic N) is 3. The SMILES string of the molecule is Cc1c(-c2ccc(C(N)=O)c3c2ccn3C2=CCNC2)cccc1-n1cnc2ccccc2c1=O. The number of para-hydroxylation sites is 1. The molecule has 1 amide bonds. The van der Waals surface area contributed by atoms with Gasteiger partial charge in [-0.05, 0) is 60.0 Å². The Balaban J connectivity index is 1.58. The Morgan fingerprint density at radius 1 is 0.971 bits per heavy atom. The molecule has 3 heterocycles. The molecule has 0 spiro atoms. The lowest BCUT2D eigenvalue weighted by molar-refractivity contribution is 0.100. The second-order valence-electron chi connectivity index (χ2n) is 8.69. The number of amides is 1. The van der Waals surface area contributed by atoms with Crippen molar-refractivity contribution in [2.45, 2.75) is 6.92 Å². The van der Waals surface area contributed by atoms with E-state index >= 15 is 0 Å². The van der Waals surface area contributed by atoms with Crippen molar-refractivity contribution in [2.24, 2.45) is 5.73 Å². The van der Waals surface area contributed by atoms with Crippen LogP contribution in [0.3, 0.4) is 0 Å². The van der Waals surface area contributed by atoms with Gasteiger partial charge in [0.15, 0.2) is 0 Å². The van der Waals surface area contributed by atoms with Crippen LogP contribution in [0, 0.1) is 6.92 Å². The van der Waals surface area contributed by atoms with Gasteiger partial charge in [0.25, 0.3) is 11.5 Å². The van der Waals surface area contributed by atoms with E-state index in [4.69, 9.17) is 5.73 Å². The van der Waals surface area contributed by atoms with E-state index < -0.39 is 5.91 Å². The van der Waals surface area contributed by atoms with Crippen LogP contribution in [-0.2, 0) is 0 Å². The number of nitrogens with two attached hydrogens (primary N) is 1. The molecule has 35 heavy (non-hydrogen) atoms. The Morgan fingerprint density at radius 3 is 2.63 bits per heavy atom. The summed E-state index contributed by atoms with van der Waals surface area (Å²) in [7, 11) is 0. The van der Waals surface area contributed by atoms with E-state index in [1.165, 1.54) is 0 Å². The zero-order chi connectivity index (χ0) is 24.1. The summed E-state index contributed by atoms with van der Waals surface area (Å²) in [6, 6.07) is 19.0. The monoisotopic (exact) mass is 461 g/mol. The summed E-state index contributed by atoms with van der Waals surface area (Å²) in [5.74, 6) is -0.465. The van der Waals surface area contributed by atoms with E-state index in [1.807, 2.05) is 66.2 Å². The number of hydrogen-bond acceptors (Lipinski definition) is 4. The first-order valence-corrected chi connectivity index (χ1v) is 11.5. The molecule has 0 atom stereocenters. The number of benzene rings is 3. The highest BCUT2D eigenvalue weighted by Crippen LogP contribution is 2.36. The molecule has 7 heteroatoms. The number of rotatable bonds is 4. The fraction of sp³-hybridized carbons (Fsp3) is 0.107. The van der Waals surface area contributed by atoms with Gasteiger partial charge in [0.2, 0.25) is 0 Å². The van der Waals surface area contributed by atoms with Crippen molar-refractivity contribution in [1.29, 1.82) is 0 Å². The first-order chi connectivity index (χ1) is 17.0. The van der Waals surface area contributed by atoms with Gasteiger partial charge < -0.3 is 15.6 Å². The zero-order valence-electron chi connectivity index (χ0n) is 19.2. The van der Waals surface area contributed by atoms with Crippen molar-refractivity contribution in [3.05, 3.63) is 101 Å². The third kappa shape index (κ3) is 3.28. The Labute approximate surface area is 201 Å². The maximum absolute atomic E-state index is 13.3. The zero-order valence-corrected chi connectivity index (χ0v) is 19.2. The molecule has 3 aromatic carbocycles. The van der Waals surface area contributed by atoms with Gasteiger partial charge >= 0.3 is 0 Å². The van der Waals surface area contributed by atoms with Crippen molar-refractivity contribution >= 4 is 33.4 Å². The normalized spacial score (nSPS) is 13.5. The van der Waals surface area contributed by atoms with Crippen LogP contribution in [-0.4, -0.2) is 33.1 Å². The van der Waals surface area contributed by atoms with E-state index in [0.717, 1.165) is 52.1 Å². The van der Waals surface area contributed by atoms with Crippen LogP contribution in [0.2, 0.25) is 0 Å². The summed E-state index contributed by atoms with van der Waals surface area (Å²) in [4.78, 5) is 30.1. The maximum Gasteiger partial charge on any atom is 0.265 e. The predicted molar refractivity (Wildman–Crippen MR) is 139 cm³/mol. The first kappa shape index (κ1) is 21.1. The van der Waals surface area contributed by atoms with Crippen LogP contribution in [0.15, 0.2) is 84.1 Å². The number of carbonyl (C=O) groups is 1. The van der Waals surface area contributed by atoms with Crippen LogP contribution < -0.4 is 16.6 Å². The van der Waals surface area contributed by atoms with E-state index in [2.05, 4.69) is 16.4 Å². The number of nitrogens with one attached hydrogen (secondary N) is 1. The van der Waals surface area contributed by atoms with Crippen molar-refractivity contribution in [2.75, 3.05) is 13.1 Å². The van der Waals surface area contributed by atoms with Gasteiger partial charge in [-0.15, -0.1) is 0 Å². The first-order valence-electron chi connectivity index (χ1n) is 11.5. The molecule has 7 nitrogen and oxygen atoms in total. The Hall–Kier alpha value is -4.49. The molecule has 172 valence electrons. The fourth-order valence-electron chi connectivity index (χ4n) is 5.00. The van der Waals surface area contributed by atoms with Crippen LogP contribution >= 0.6 is 0 Å². The lowest BCUT2D eigenvalue weighted by atomic mass is 9.94. The van der Waals surface area contributed by atoms with Crippen molar-refractivity contribution < 1.29 is 4.79 Å². The molecule has 0 saturated heterocycles. The van der Waals surface area contributed by atoms with Gasteiger partial charge in [0.1, 0.15) is 6.33 Å². The van der Waals surface area contributed by atoms with Gasteiger partial charge in [0, 0.05) is 30.4 Å². The number of primary amides is 1. The van der Waals surface area contributed by atoms with Crippen molar-refractivity contribution in [1.82, 2.24) is 19.4 Å². The standard InChI is InChI=1S/C28H23N5O2/c1-17-19(6-4-8-25(17)33-16-31-24-7-3-2-5-22(24)28(33)35)20-9-10-23(27(29)34)26-21(20)12-14-32(26)18-11-13-30-15-18/h2-12,14,16,30H,13,15H2,1H3,(H2,29,34). The van der Waals surface area contributed by atoms with Gasteiger partial charge in [0.05, 0.1) is 27.7 Å². The molecular weight excluding hydrogens is 438 g/mol. The summed E-state index contributed by atoms with van der Waals surface area (Å²) >= 11 is 0. The molecule has 0 bridgehead atoms. The van der Waals surface area contributed by atoms with Crippen LogP contribution in [0.1, 0.15) is 15.9 Å². The lowest BCUT2D eigenvalue weighted by Crippen LogP contribution is -2.19. The van der Waals surface area contributed by atoms with Crippen LogP contribution in [0.25, 0.3) is 44.3 Å². The minimum atomic E-state index is -0.465. The van der Waals surface area contributed by atoms with Gasteiger partial charge in [-0.2, -0.15) is 0 Å². The van der Waals surface area contributed by atoms with E-state index in [-0.39, 0.29) is 5.56 Å². The number of aromatic nitrogens is 3. The highest BCUT2D eigenvalue weighted by atomic mass is 16.1. The summed E-state index contributed by atoms with van der Waals surface area (Å²) in [6.45, 7) is 3.51. The van der Waals surface area contributed by atoms with Crippen LogP contribution in [0.5, 0.6) is 0 Å². The number of fused-ring (bicyclic) bond motifs is 2. The summed E-state index contributed by atoms with van der Waals surface area (Å²) in [6.07, 6.45) is 5.68. The molecule has 0 aliphatic carbocycles. The van der Waals surface area contributed by atoms with Crippen molar-refractivity contribution in [3.8, 4) is 16.8 Å². The highest BCUT2D eigenvalue weighted by Gasteiger charge is 2.20. The smallest absolute Gasteiger partial charge is 0.265 e. The summed E-state index contributed by atoms with van der Waals surface area (Å²) in [5, 5.41) is 4.81. The lowest BCUT2D eigenvalue weighted by Gasteiger charge is -2.16. The number of hydrogen-bond donors (Lipinski definition) is 2. The van der Waals surface area contributed by atoms with Crippen molar-refractivity contribution in [3.63, 3.8) is 0 Å². The largest absolute Gasteiger partial charge is 0.366 e. The number of carbonyl (C=O) groups excluding carboxylic acids is 1. The van der Waals surface area contributed by atoms with E-state index in [0.29, 0.717) is 16.5 Å². The molecule has 0 radical (unpaired) electrons. The second-order valence-corrected chi connectivity index (χ2v) is 8.69. The quantitative estimate of drug-likeness (QED) is 0.425. The molecule has 0 fully saturated rings. The molecule has 0 saturated carbocycles. The Morgan fingerprint density at radius 2 is 1.83 bits per heavy atom. The molecule has 0 unspecified atom stereocenters. The highest BCUT2D eigenvalue weighted by molar-refractivity contribution is 6.10. The maximum atomic E-state index is 13.3. The fourth-order valence-corrected chi connectivity index (χ4v) is 5.00. The topological polar surface area (TPSA) is 94.9 Å². The average molecular weight is 462 g/mol. The van der Waals surface area contributed by atoms with E-state index in [9.17, 15) is 9.59 Å². The van der Waals surface area contributed by atoms with E-state index in [1.54, 1.807) is 23.0 Å². The summed E-state index contributed by atoms with van der Waals surface area (Å²) < 4.78 is 3.63. The van der Waals surface area contributed by atoms with Gasteiger partial charge in [-0.25, -0.2) is 4.98 Å². The minimum absolute atomic E-state index is 0.114. The van der Waals surface area contributed by atoms with Gasteiger partial charge in [-0.3, -0.25) is 14.2 Å². The average Bonchev–Trinajstić information content (AvgIpc) is 3.55. The Bertz CT molecular complexity index is 1740. The summed E-state index contributed by atoms with van der Waals surface area (Å²) in [5.41, 5.74) is 12.3. The molecule has 3 N–H and O–H groups in total. The van der Waals surface area contributed by atoms with Crippen LogP contribution in [0.4, 0.5) is 0 Å². The third-order valence-electron chi connectivity index (χ3n) is 6.73. The predicted octanol–water partition coefficient (Wildman–Crippen LogP) is 3.86. The minimum Gasteiger partial charge on any atom is -0.366 e. The molecule has 6 rings (SSSR count). The van der Waals surface area contributed by atoms with Gasteiger partial charge in [-0.1, -0.05) is 30.3 Å². The molecule has 5 aromatic rings. The third-order valence-corrected chi connectivity index (χ3v) is 6.73.